The number of methoxy groups -OCH3 is 1. The summed E-state index contributed by atoms with van der Waals surface area (Å²) < 4.78 is 4.96. The summed E-state index contributed by atoms with van der Waals surface area (Å²) in [5.74, 6) is -0.798. The highest BCUT2D eigenvalue weighted by Gasteiger charge is 2.32. The highest BCUT2D eigenvalue weighted by Crippen LogP contribution is 2.12. The summed E-state index contributed by atoms with van der Waals surface area (Å²) in [6.45, 7) is 4.92. The molecular weight excluding hydrogens is 196 g/mol. The molecule has 1 aliphatic rings. The van der Waals surface area contributed by atoms with E-state index in [0.717, 1.165) is 19.6 Å². The van der Waals surface area contributed by atoms with E-state index in [1.165, 1.54) is 7.11 Å². The highest BCUT2D eigenvalue weighted by atomic mass is 16.5. The standard InChI is InChI=1S/C10H20N2O3/c1-8-6-11(2)4-5-12(8)9(7-15-3)10(13)14/h8-9H,4-7H2,1-3H3,(H,13,14). The van der Waals surface area contributed by atoms with Crippen molar-refractivity contribution in [1.29, 1.82) is 0 Å². The molecule has 0 aromatic carbocycles. The fourth-order valence-corrected chi connectivity index (χ4v) is 2.08. The molecule has 1 N–H and O–H groups in total. The van der Waals surface area contributed by atoms with Crippen LogP contribution in [0.1, 0.15) is 6.92 Å². The van der Waals surface area contributed by atoms with Gasteiger partial charge in [0.25, 0.3) is 0 Å². The third-order valence-electron chi connectivity index (χ3n) is 2.89. The predicted molar refractivity (Wildman–Crippen MR) is 57.0 cm³/mol. The van der Waals surface area contributed by atoms with Gasteiger partial charge in [-0.15, -0.1) is 0 Å². The number of nitrogens with zero attached hydrogens (tertiary/aromatic N) is 2. The van der Waals surface area contributed by atoms with Gasteiger partial charge < -0.3 is 14.7 Å². The van der Waals surface area contributed by atoms with Crippen LogP contribution in [-0.2, 0) is 9.53 Å². The Morgan fingerprint density at radius 3 is 2.73 bits per heavy atom. The number of carbonyl (C=O) groups is 1. The van der Waals surface area contributed by atoms with Gasteiger partial charge >= 0.3 is 5.97 Å². The van der Waals surface area contributed by atoms with Gasteiger partial charge in [0.15, 0.2) is 0 Å². The second-order valence-electron chi connectivity index (χ2n) is 4.16. The fourth-order valence-electron chi connectivity index (χ4n) is 2.08. The van der Waals surface area contributed by atoms with Crippen LogP contribution in [0.25, 0.3) is 0 Å². The molecule has 15 heavy (non-hydrogen) atoms. The van der Waals surface area contributed by atoms with E-state index in [1.54, 1.807) is 0 Å². The Hall–Kier alpha value is -0.650. The van der Waals surface area contributed by atoms with Gasteiger partial charge in [0.1, 0.15) is 6.04 Å². The van der Waals surface area contributed by atoms with Crippen LogP contribution in [-0.4, -0.2) is 73.4 Å². The quantitative estimate of drug-likeness (QED) is 0.700. The number of hydrogen-bond donors (Lipinski definition) is 1. The molecule has 5 heteroatoms. The van der Waals surface area contributed by atoms with E-state index < -0.39 is 12.0 Å². The van der Waals surface area contributed by atoms with Gasteiger partial charge in [0.05, 0.1) is 6.61 Å². The van der Waals surface area contributed by atoms with Gasteiger partial charge in [-0.1, -0.05) is 0 Å². The smallest absolute Gasteiger partial charge is 0.323 e. The highest BCUT2D eigenvalue weighted by molar-refractivity contribution is 5.73. The summed E-state index contributed by atoms with van der Waals surface area (Å²) in [6.07, 6.45) is 0. The molecule has 1 rings (SSSR count). The Morgan fingerprint density at radius 2 is 2.27 bits per heavy atom. The normalized spacial score (nSPS) is 26.5. The Morgan fingerprint density at radius 1 is 1.60 bits per heavy atom. The molecule has 0 amide bonds. The number of ether oxygens (including phenoxy) is 1. The summed E-state index contributed by atoms with van der Waals surface area (Å²) in [6, 6.07) is -0.251. The lowest BCUT2D eigenvalue weighted by Crippen LogP contribution is -2.57. The molecule has 0 aliphatic carbocycles. The monoisotopic (exact) mass is 216 g/mol. The topological polar surface area (TPSA) is 53.0 Å². The first-order chi connectivity index (χ1) is 7.06. The molecule has 0 aromatic heterocycles. The molecule has 2 unspecified atom stereocenters. The Balaban J connectivity index is 2.62. The first kappa shape index (κ1) is 12.4. The first-order valence-electron chi connectivity index (χ1n) is 5.22. The lowest BCUT2D eigenvalue weighted by Gasteiger charge is -2.41. The van der Waals surface area contributed by atoms with E-state index in [0.29, 0.717) is 0 Å². The number of hydrogen-bond acceptors (Lipinski definition) is 4. The van der Waals surface area contributed by atoms with Gasteiger partial charge in [-0.3, -0.25) is 9.69 Å². The molecule has 1 heterocycles. The van der Waals surface area contributed by atoms with E-state index in [1.807, 2.05) is 4.90 Å². The lowest BCUT2D eigenvalue weighted by molar-refractivity contribution is -0.147. The molecule has 1 saturated heterocycles. The summed E-state index contributed by atoms with van der Waals surface area (Å²) in [7, 11) is 3.59. The van der Waals surface area contributed by atoms with E-state index in [2.05, 4.69) is 18.9 Å². The Kier molecular flexibility index (Phi) is 4.50. The third kappa shape index (κ3) is 3.15. The molecule has 1 aliphatic heterocycles. The molecule has 0 radical (unpaired) electrons. The summed E-state index contributed by atoms with van der Waals surface area (Å²) in [4.78, 5) is 15.3. The molecule has 1 fully saturated rings. The average molecular weight is 216 g/mol. The molecule has 2 atom stereocenters. The fraction of sp³-hybridized carbons (Fsp3) is 0.900. The van der Waals surface area contributed by atoms with Gasteiger partial charge in [0, 0.05) is 32.8 Å². The molecule has 0 bridgehead atoms. The summed E-state index contributed by atoms with van der Waals surface area (Å²) in [5, 5.41) is 9.11. The van der Waals surface area contributed by atoms with Crippen molar-refractivity contribution in [3.8, 4) is 0 Å². The number of carboxylic acids is 1. The van der Waals surface area contributed by atoms with Crippen LogP contribution in [0.2, 0.25) is 0 Å². The largest absolute Gasteiger partial charge is 0.480 e. The van der Waals surface area contributed by atoms with Crippen molar-refractivity contribution in [3.63, 3.8) is 0 Å². The van der Waals surface area contributed by atoms with E-state index in [9.17, 15) is 4.79 Å². The van der Waals surface area contributed by atoms with Crippen molar-refractivity contribution in [1.82, 2.24) is 9.80 Å². The van der Waals surface area contributed by atoms with E-state index >= 15 is 0 Å². The second-order valence-corrected chi connectivity index (χ2v) is 4.16. The second kappa shape index (κ2) is 5.44. The van der Waals surface area contributed by atoms with Crippen LogP contribution in [0.15, 0.2) is 0 Å². The number of carboxylic acid groups (broad SMARTS) is 1. The van der Waals surface area contributed by atoms with Crippen LogP contribution < -0.4 is 0 Å². The summed E-state index contributed by atoms with van der Waals surface area (Å²) >= 11 is 0. The van der Waals surface area contributed by atoms with Gasteiger partial charge in [0.2, 0.25) is 0 Å². The lowest BCUT2D eigenvalue weighted by atomic mass is 10.1. The summed E-state index contributed by atoms with van der Waals surface area (Å²) in [5.41, 5.74) is 0. The zero-order valence-corrected chi connectivity index (χ0v) is 9.64. The third-order valence-corrected chi connectivity index (χ3v) is 2.89. The minimum atomic E-state index is -0.798. The van der Waals surface area contributed by atoms with Crippen LogP contribution in [0.4, 0.5) is 0 Å². The van der Waals surface area contributed by atoms with Crippen LogP contribution in [0, 0.1) is 0 Å². The predicted octanol–water partition coefficient (Wildman–Crippen LogP) is -0.278. The zero-order chi connectivity index (χ0) is 11.4. The van der Waals surface area contributed by atoms with Crippen molar-refractivity contribution in [2.45, 2.75) is 19.0 Å². The molecule has 88 valence electrons. The molecule has 0 saturated carbocycles. The number of piperazine rings is 1. The molecule has 0 aromatic rings. The number of aliphatic carboxylic acids is 1. The van der Waals surface area contributed by atoms with Crippen LogP contribution in [0.3, 0.4) is 0 Å². The van der Waals surface area contributed by atoms with Gasteiger partial charge in [-0.2, -0.15) is 0 Å². The zero-order valence-electron chi connectivity index (χ0n) is 9.64. The van der Waals surface area contributed by atoms with Crippen molar-refractivity contribution < 1.29 is 14.6 Å². The van der Waals surface area contributed by atoms with E-state index in [4.69, 9.17) is 9.84 Å². The maximum atomic E-state index is 11.1. The minimum Gasteiger partial charge on any atom is -0.480 e. The van der Waals surface area contributed by atoms with Crippen molar-refractivity contribution in [2.24, 2.45) is 0 Å². The maximum Gasteiger partial charge on any atom is 0.323 e. The van der Waals surface area contributed by atoms with Crippen LogP contribution in [0.5, 0.6) is 0 Å². The SMILES string of the molecule is COCC(C(=O)O)N1CCN(C)CC1C. The maximum absolute atomic E-state index is 11.1. The Labute approximate surface area is 90.6 Å². The van der Waals surface area contributed by atoms with Crippen LogP contribution >= 0.6 is 0 Å². The van der Waals surface area contributed by atoms with Gasteiger partial charge in [-0.25, -0.2) is 0 Å². The number of rotatable bonds is 4. The minimum absolute atomic E-state index is 0.253. The average Bonchev–Trinajstić information content (AvgIpc) is 2.15. The number of likely N-dealkylation sites (N-methyl/N-ethyl adjacent to an activating group) is 1. The molecule has 0 spiro atoms. The van der Waals surface area contributed by atoms with Crippen molar-refractivity contribution in [2.75, 3.05) is 40.4 Å². The first-order valence-corrected chi connectivity index (χ1v) is 5.22. The van der Waals surface area contributed by atoms with E-state index in [-0.39, 0.29) is 12.6 Å². The Bertz CT molecular complexity index is 223. The van der Waals surface area contributed by atoms with Crippen molar-refractivity contribution in [3.05, 3.63) is 0 Å². The van der Waals surface area contributed by atoms with Crippen molar-refractivity contribution >= 4 is 5.97 Å². The van der Waals surface area contributed by atoms with Gasteiger partial charge in [-0.05, 0) is 14.0 Å². The molecule has 5 nitrogen and oxygen atoms in total. The molecular formula is C10H20N2O3.